The van der Waals surface area contributed by atoms with E-state index in [0.29, 0.717) is 17.9 Å². The van der Waals surface area contributed by atoms with Gasteiger partial charge in [-0.2, -0.15) is 0 Å². The molecule has 1 aliphatic heterocycles. The number of ketones is 1. The number of amides is 3. The molecule has 1 aliphatic rings. The first kappa shape index (κ1) is 32.2. The highest BCUT2D eigenvalue weighted by Gasteiger charge is 2.37. The second kappa shape index (κ2) is 13.3. The zero-order chi connectivity index (χ0) is 32.2. The number of ether oxygens (including phenoxy) is 1. The van der Waals surface area contributed by atoms with Crippen molar-refractivity contribution in [3.63, 3.8) is 0 Å². The number of nitrogens with zero attached hydrogens (tertiary/aromatic N) is 3. The van der Waals surface area contributed by atoms with Crippen LogP contribution in [0, 0.1) is 5.92 Å². The molecule has 3 aromatic rings. The molecule has 0 saturated carbocycles. The van der Waals surface area contributed by atoms with Crippen molar-refractivity contribution in [3.8, 4) is 22.4 Å². The predicted octanol–water partition coefficient (Wildman–Crippen LogP) is 4.41. The average molecular weight is 603 g/mol. The summed E-state index contributed by atoms with van der Waals surface area (Å²) in [4.78, 5) is 60.3. The maximum Gasteiger partial charge on any atom is 0.407 e. The number of aromatic nitrogens is 2. The number of carbonyl (C=O) groups excluding carboxylic acids is 4. The number of benzene rings is 2. The van der Waals surface area contributed by atoms with E-state index in [1.807, 2.05) is 50.2 Å². The standard InChI is InChI=1S/C33H41N5O6/c1-20(2)28(36-31(41)44-6)30(40)37-17-7-8-26(37)29-34-18-25(35-29)23-13-9-21(10-14-23)22-11-15-24(16-12-22)27(39)19-38(32(42)43)33(3,4)5/h9-16,18,20,26,28H,7-8,17,19H2,1-6H3,(H,34,35)(H,36,41)(H,42,43)/p-1/t26-,28-/m0/s1. The first-order chi connectivity index (χ1) is 20.8. The number of Topliss-reactive ketones (excluding diaryl/α,β-unsaturated/α-hetero) is 1. The van der Waals surface area contributed by atoms with Gasteiger partial charge in [0.2, 0.25) is 5.91 Å². The molecule has 2 aromatic carbocycles. The smallest absolute Gasteiger partial charge is 0.407 e. The Balaban J connectivity index is 1.45. The maximum atomic E-state index is 13.4. The third kappa shape index (κ3) is 7.27. The summed E-state index contributed by atoms with van der Waals surface area (Å²) < 4.78 is 4.71. The summed E-state index contributed by atoms with van der Waals surface area (Å²) in [6.45, 7) is 9.21. The molecule has 234 valence electrons. The number of imidazole rings is 1. The first-order valence-corrected chi connectivity index (χ1v) is 14.7. The zero-order valence-corrected chi connectivity index (χ0v) is 26.0. The van der Waals surface area contributed by atoms with E-state index in [4.69, 9.17) is 4.74 Å². The number of carbonyl (C=O) groups is 4. The van der Waals surface area contributed by atoms with Crippen LogP contribution < -0.4 is 10.4 Å². The molecule has 0 radical (unpaired) electrons. The van der Waals surface area contributed by atoms with Crippen molar-refractivity contribution in [2.24, 2.45) is 5.92 Å². The number of carboxylic acid groups (broad SMARTS) is 1. The normalized spacial score (nSPS) is 15.6. The van der Waals surface area contributed by atoms with Crippen LogP contribution in [0.5, 0.6) is 0 Å². The predicted molar refractivity (Wildman–Crippen MR) is 163 cm³/mol. The summed E-state index contributed by atoms with van der Waals surface area (Å²) >= 11 is 0. The lowest BCUT2D eigenvalue weighted by Gasteiger charge is -2.37. The van der Waals surface area contributed by atoms with Crippen LogP contribution in [-0.2, 0) is 9.53 Å². The van der Waals surface area contributed by atoms with E-state index in [0.717, 1.165) is 40.1 Å². The Labute approximate surface area is 257 Å². The molecule has 2 atom stereocenters. The lowest BCUT2D eigenvalue weighted by atomic mass is 10.00. The maximum absolute atomic E-state index is 13.4. The first-order valence-electron chi connectivity index (χ1n) is 14.7. The molecule has 2 heterocycles. The minimum Gasteiger partial charge on any atom is -0.530 e. The van der Waals surface area contributed by atoms with Gasteiger partial charge < -0.3 is 34.7 Å². The molecule has 1 fully saturated rings. The highest BCUT2D eigenvalue weighted by Crippen LogP contribution is 2.33. The van der Waals surface area contributed by atoms with Crippen molar-refractivity contribution in [2.45, 2.75) is 65.1 Å². The minimum absolute atomic E-state index is 0.112. The molecule has 0 aliphatic carbocycles. The molecular formula is C33H40N5O6-. The van der Waals surface area contributed by atoms with Gasteiger partial charge in [-0.15, -0.1) is 0 Å². The molecule has 0 unspecified atom stereocenters. The van der Waals surface area contributed by atoms with E-state index < -0.39 is 23.8 Å². The monoisotopic (exact) mass is 602 g/mol. The molecular weight excluding hydrogens is 562 g/mol. The molecule has 3 amide bonds. The van der Waals surface area contributed by atoms with Gasteiger partial charge in [0, 0.05) is 17.6 Å². The van der Waals surface area contributed by atoms with E-state index >= 15 is 0 Å². The third-order valence-corrected chi connectivity index (χ3v) is 7.91. The number of rotatable bonds is 9. The van der Waals surface area contributed by atoms with Gasteiger partial charge in [0.1, 0.15) is 18.0 Å². The van der Waals surface area contributed by atoms with Gasteiger partial charge >= 0.3 is 6.09 Å². The number of methoxy groups -OCH3 is 1. The number of likely N-dealkylation sites (tertiary alicyclic amines) is 1. The van der Waals surface area contributed by atoms with E-state index in [9.17, 15) is 24.3 Å². The van der Waals surface area contributed by atoms with Crippen molar-refractivity contribution < 1.29 is 29.0 Å². The fourth-order valence-electron chi connectivity index (χ4n) is 5.35. The molecule has 44 heavy (non-hydrogen) atoms. The SMILES string of the molecule is COC(=O)N[C@H](C(=O)N1CCC[C@H]1c1ncc(-c2ccc(-c3ccc(C(=O)CN(C(=O)[O-])C(C)(C)C)cc3)cc2)[nH]1)C(C)C. The van der Waals surface area contributed by atoms with Gasteiger partial charge in [-0.05, 0) is 56.2 Å². The number of aromatic amines is 1. The van der Waals surface area contributed by atoms with Crippen molar-refractivity contribution in [3.05, 3.63) is 66.1 Å². The Morgan fingerprint density at radius 2 is 1.64 bits per heavy atom. The van der Waals surface area contributed by atoms with Gasteiger partial charge in [0.15, 0.2) is 5.78 Å². The van der Waals surface area contributed by atoms with Crippen LogP contribution in [0.25, 0.3) is 22.4 Å². The molecule has 0 bridgehead atoms. The summed E-state index contributed by atoms with van der Waals surface area (Å²) in [5, 5.41) is 14.2. The van der Waals surface area contributed by atoms with Crippen LogP contribution in [0.2, 0.25) is 0 Å². The summed E-state index contributed by atoms with van der Waals surface area (Å²) in [7, 11) is 1.27. The fourth-order valence-corrected chi connectivity index (χ4v) is 5.35. The topological polar surface area (TPSA) is 148 Å². The van der Waals surface area contributed by atoms with Gasteiger partial charge in [0.05, 0.1) is 31.6 Å². The molecule has 4 rings (SSSR count). The van der Waals surface area contributed by atoms with E-state index in [-0.39, 0.29) is 30.2 Å². The van der Waals surface area contributed by atoms with Gasteiger partial charge in [-0.3, -0.25) is 9.59 Å². The minimum atomic E-state index is -1.38. The van der Waals surface area contributed by atoms with Crippen LogP contribution in [0.1, 0.15) is 69.7 Å². The highest BCUT2D eigenvalue weighted by molar-refractivity contribution is 5.99. The molecule has 2 N–H and O–H groups in total. The van der Waals surface area contributed by atoms with E-state index in [1.54, 1.807) is 44.0 Å². The Hall–Kier alpha value is -4.67. The quantitative estimate of drug-likeness (QED) is 0.345. The van der Waals surface area contributed by atoms with Crippen LogP contribution >= 0.6 is 0 Å². The average Bonchev–Trinajstić information content (AvgIpc) is 3.67. The zero-order valence-electron chi connectivity index (χ0n) is 26.0. The lowest BCUT2D eigenvalue weighted by molar-refractivity contribution is -0.269. The third-order valence-electron chi connectivity index (χ3n) is 7.91. The van der Waals surface area contributed by atoms with Crippen molar-refractivity contribution in [1.82, 2.24) is 25.1 Å². The molecule has 0 spiro atoms. The number of nitrogens with one attached hydrogen (secondary N) is 2. The molecule has 1 aromatic heterocycles. The van der Waals surface area contributed by atoms with Gasteiger partial charge in [-0.25, -0.2) is 9.78 Å². The number of hydrogen-bond acceptors (Lipinski definition) is 7. The van der Waals surface area contributed by atoms with Gasteiger partial charge in [-0.1, -0.05) is 62.4 Å². The molecule has 11 nitrogen and oxygen atoms in total. The Morgan fingerprint density at radius 3 is 2.18 bits per heavy atom. The molecule has 1 saturated heterocycles. The summed E-state index contributed by atoms with van der Waals surface area (Å²) in [5.74, 6) is 0.120. The summed E-state index contributed by atoms with van der Waals surface area (Å²) in [5.41, 5.74) is 3.27. The van der Waals surface area contributed by atoms with Gasteiger partial charge in [0.25, 0.3) is 0 Å². The fraction of sp³-hybridized carbons (Fsp3) is 0.424. The Kier molecular flexibility index (Phi) is 9.76. The number of alkyl carbamates (subject to hydrolysis) is 1. The summed E-state index contributed by atoms with van der Waals surface area (Å²) in [6, 6.07) is 14.0. The second-order valence-corrected chi connectivity index (χ2v) is 12.3. The Bertz CT molecular complexity index is 1490. The summed E-state index contributed by atoms with van der Waals surface area (Å²) in [6.07, 6.45) is 1.34. The molecule has 11 heteroatoms. The largest absolute Gasteiger partial charge is 0.530 e. The van der Waals surface area contributed by atoms with E-state index in [1.165, 1.54) is 7.11 Å². The highest BCUT2D eigenvalue weighted by atomic mass is 16.5. The van der Waals surface area contributed by atoms with Crippen LogP contribution in [0.3, 0.4) is 0 Å². The number of H-pyrrole nitrogens is 1. The van der Waals surface area contributed by atoms with Crippen molar-refractivity contribution in [1.29, 1.82) is 0 Å². The lowest BCUT2D eigenvalue weighted by Crippen LogP contribution is -2.53. The van der Waals surface area contributed by atoms with Crippen LogP contribution in [0.15, 0.2) is 54.7 Å². The van der Waals surface area contributed by atoms with Crippen molar-refractivity contribution >= 4 is 23.9 Å². The van der Waals surface area contributed by atoms with Crippen LogP contribution in [0.4, 0.5) is 9.59 Å². The second-order valence-electron chi connectivity index (χ2n) is 12.3. The van der Waals surface area contributed by atoms with Crippen LogP contribution in [-0.4, -0.2) is 75.4 Å². The van der Waals surface area contributed by atoms with E-state index in [2.05, 4.69) is 15.3 Å². The Morgan fingerprint density at radius 1 is 1.05 bits per heavy atom. The number of hydrogen-bond donors (Lipinski definition) is 2. The van der Waals surface area contributed by atoms with Crippen molar-refractivity contribution in [2.75, 3.05) is 20.2 Å².